The molecule has 0 saturated heterocycles. The standard InChI is InChI=1S/C13H14BrNO3/c1-18-12(17)13(6-7-13)11(16)15-8-9-4-2-3-5-10(9)14/h2-5H,6-8H2,1H3,(H,15,16). The second-order valence-electron chi connectivity index (χ2n) is 4.35. The molecule has 0 aromatic heterocycles. The van der Waals surface area contributed by atoms with Crippen LogP contribution < -0.4 is 5.32 Å². The van der Waals surface area contributed by atoms with Gasteiger partial charge in [0.15, 0.2) is 0 Å². The molecule has 0 heterocycles. The molecule has 5 heteroatoms. The largest absolute Gasteiger partial charge is 0.468 e. The van der Waals surface area contributed by atoms with Crippen molar-refractivity contribution < 1.29 is 14.3 Å². The van der Waals surface area contributed by atoms with E-state index in [1.807, 2.05) is 24.3 Å². The summed E-state index contributed by atoms with van der Waals surface area (Å²) in [5.74, 6) is -0.683. The number of carbonyl (C=O) groups is 2. The van der Waals surface area contributed by atoms with Crippen molar-refractivity contribution in [2.75, 3.05) is 7.11 Å². The summed E-state index contributed by atoms with van der Waals surface area (Å²) in [6, 6.07) is 7.64. The number of benzene rings is 1. The van der Waals surface area contributed by atoms with Gasteiger partial charge in [-0.1, -0.05) is 34.1 Å². The molecule has 1 amide bonds. The molecule has 1 N–H and O–H groups in total. The number of rotatable bonds is 4. The highest BCUT2D eigenvalue weighted by atomic mass is 79.9. The van der Waals surface area contributed by atoms with E-state index in [4.69, 9.17) is 0 Å². The number of ether oxygens (including phenoxy) is 1. The van der Waals surface area contributed by atoms with Crippen molar-refractivity contribution in [3.05, 3.63) is 34.3 Å². The average Bonchev–Trinajstić information content (AvgIpc) is 3.18. The minimum atomic E-state index is -0.935. The lowest BCUT2D eigenvalue weighted by atomic mass is 10.1. The van der Waals surface area contributed by atoms with E-state index in [2.05, 4.69) is 26.0 Å². The molecular formula is C13H14BrNO3. The van der Waals surface area contributed by atoms with Crippen molar-refractivity contribution in [2.45, 2.75) is 19.4 Å². The Morgan fingerprint density at radius 1 is 1.39 bits per heavy atom. The summed E-state index contributed by atoms with van der Waals surface area (Å²) in [7, 11) is 1.31. The van der Waals surface area contributed by atoms with E-state index < -0.39 is 11.4 Å². The van der Waals surface area contributed by atoms with Gasteiger partial charge in [-0.25, -0.2) is 0 Å². The Balaban J connectivity index is 1.98. The predicted octanol–water partition coefficient (Wildman–Crippen LogP) is 2.02. The lowest BCUT2D eigenvalue weighted by Crippen LogP contribution is -2.37. The van der Waals surface area contributed by atoms with E-state index in [9.17, 15) is 9.59 Å². The second kappa shape index (κ2) is 5.10. The Bertz CT molecular complexity index is 483. The van der Waals surface area contributed by atoms with Crippen LogP contribution in [0.15, 0.2) is 28.7 Å². The van der Waals surface area contributed by atoms with E-state index in [1.54, 1.807) is 0 Å². The van der Waals surface area contributed by atoms with Crippen LogP contribution in [0.25, 0.3) is 0 Å². The van der Waals surface area contributed by atoms with Crippen molar-refractivity contribution in [3.8, 4) is 0 Å². The number of esters is 1. The third-order valence-corrected chi connectivity index (χ3v) is 3.93. The maximum atomic E-state index is 12.0. The molecule has 0 spiro atoms. The van der Waals surface area contributed by atoms with E-state index in [0.29, 0.717) is 19.4 Å². The van der Waals surface area contributed by atoms with Gasteiger partial charge in [-0.2, -0.15) is 0 Å². The van der Waals surface area contributed by atoms with Crippen LogP contribution in [-0.4, -0.2) is 19.0 Å². The molecule has 0 atom stereocenters. The summed E-state index contributed by atoms with van der Waals surface area (Å²) < 4.78 is 5.60. The fourth-order valence-corrected chi connectivity index (χ4v) is 2.26. The molecule has 18 heavy (non-hydrogen) atoms. The van der Waals surface area contributed by atoms with Gasteiger partial charge < -0.3 is 10.1 Å². The summed E-state index contributed by atoms with van der Waals surface area (Å²) in [4.78, 5) is 23.5. The molecule has 1 fully saturated rings. The minimum absolute atomic E-state index is 0.245. The van der Waals surface area contributed by atoms with Gasteiger partial charge >= 0.3 is 5.97 Å². The van der Waals surface area contributed by atoms with Gasteiger partial charge in [0, 0.05) is 11.0 Å². The smallest absolute Gasteiger partial charge is 0.321 e. The summed E-state index contributed by atoms with van der Waals surface area (Å²) in [5, 5.41) is 2.79. The van der Waals surface area contributed by atoms with Crippen LogP contribution in [0.5, 0.6) is 0 Å². The third-order valence-electron chi connectivity index (χ3n) is 3.16. The van der Waals surface area contributed by atoms with Crippen LogP contribution >= 0.6 is 15.9 Å². The summed E-state index contributed by atoms with van der Waals surface area (Å²) >= 11 is 3.41. The number of methoxy groups -OCH3 is 1. The quantitative estimate of drug-likeness (QED) is 0.683. The molecule has 0 radical (unpaired) electrons. The van der Waals surface area contributed by atoms with Crippen molar-refractivity contribution in [1.82, 2.24) is 5.32 Å². The van der Waals surface area contributed by atoms with E-state index >= 15 is 0 Å². The Kier molecular flexibility index (Phi) is 3.71. The van der Waals surface area contributed by atoms with Crippen LogP contribution in [0.3, 0.4) is 0 Å². The number of hydrogen-bond donors (Lipinski definition) is 1. The highest BCUT2D eigenvalue weighted by Gasteiger charge is 2.57. The summed E-state index contributed by atoms with van der Waals surface area (Å²) in [5.41, 5.74) is 0.0437. The molecule has 1 aliphatic carbocycles. The molecule has 2 rings (SSSR count). The molecule has 4 nitrogen and oxygen atoms in total. The Hall–Kier alpha value is -1.36. The molecule has 1 aromatic carbocycles. The van der Waals surface area contributed by atoms with Crippen molar-refractivity contribution in [1.29, 1.82) is 0 Å². The first kappa shape index (κ1) is 13.1. The average molecular weight is 312 g/mol. The lowest BCUT2D eigenvalue weighted by molar-refractivity contribution is -0.152. The topological polar surface area (TPSA) is 55.4 Å². The number of amides is 1. The van der Waals surface area contributed by atoms with Crippen LogP contribution in [0.4, 0.5) is 0 Å². The maximum absolute atomic E-state index is 12.0. The first-order valence-electron chi connectivity index (χ1n) is 5.70. The summed E-state index contributed by atoms with van der Waals surface area (Å²) in [6.45, 7) is 0.402. The maximum Gasteiger partial charge on any atom is 0.321 e. The van der Waals surface area contributed by atoms with Gasteiger partial charge in [-0.05, 0) is 24.5 Å². The lowest BCUT2D eigenvalue weighted by Gasteiger charge is -2.13. The van der Waals surface area contributed by atoms with Gasteiger partial charge in [-0.3, -0.25) is 9.59 Å². The van der Waals surface area contributed by atoms with Gasteiger partial charge in [0.05, 0.1) is 7.11 Å². The molecule has 0 bridgehead atoms. The van der Waals surface area contributed by atoms with E-state index in [1.165, 1.54) is 7.11 Å². The minimum Gasteiger partial charge on any atom is -0.468 e. The van der Waals surface area contributed by atoms with Crippen molar-refractivity contribution >= 4 is 27.8 Å². The van der Waals surface area contributed by atoms with Gasteiger partial charge in [-0.15, -0.1) is 0 Å². The third kappa shape index (κ3) is 2.41. The van der Waals surface area contributed by atoms with E-state index in [-0.39, 0.29) is 5.91 Å². The highest BCUT2D eigenvalue weighted by molar-refractivity contribution is 9.10. The Morgan fingerprint density at radius 2 is 2.06 bits per heavy atom. The molecule has 0 aliphatic heterocycles. The van der Waals surface area contributed by atoms with E-state index in [0.717, 1.165) is 10.0 Å². The highest BCUT2D eigenvalue weighted by Crippen LogP contribution is 2.46. The normalized spacial score (nSPS) is 15.9. The van der Waals surface area contributed by atoms with Crippen molar-refractivity contribution in [2.24, 2.45) is 5.41 Å². The Labute approximate surface area is 114 Å². The second-order valence-corrected chi connectivity index (χ2v) is 5.20. The molecule has 1 aromatic rings. The fraction of sp³-hybridized carbons (Fsp3) is 0.385. The Morgan fingerprint density at radius 3 is 2.61 bits per heavy atom. The van der Waals surface area contributed by atoms with Crippen LogP contribution in [-0.2, 0) is 20.9 Å². The summed E-state index contributed by atoms with van der Waals surface area (Å²) in [6.07, 6.45) is 1.14. The number of carbonyl (C=O) groups excluding carboxylic acids is 2. The SMILES string of the molecule is COC(=O)C1(C(=O)NCc2ccccc2Br)CC1. The first-order chi connectivity index (χ1) is 8.60. The van der Waals surface area contributed by atoms with Crippen LogP contribution in [0, 0.1) is 5.41 Å². The van der Waals surface area contributed by atoms with Crippen LogP contribution in [0.2, 0.25) is 0 Å². The first-order valence-corrected chi connectivity index (χ1v) is 6.49. The number of hydrogen-bond acceptors (Lipinski definition) is 3. The molecular weight excluding hydrogens is 298 g/mol. The van der Waals surface area contributed by atoms with Gasteiger partial charge in [0.2, 0.25) is 5.91 Å². The number of nitrogens with one attached hydrogen (secondary N) is 1. The van der Waals surface area contributed by atoms with Gasteiger partial charge in [0.1, 0.15) is 5.41 Å². The monoisotopic (exact) mass is 311 g/mol. The van der Waals surface area contributed by atoms with Crippen molar-refractivity contribution in [3.63, 3.8) is 0 Å². The molecule has 96 valence electrons. The zero-order valence-electron chi connectivity index (χ0n) is 10.0. The fourth-order valence-electron chi connectivity index (χ4n) is 1.83. The predicted molar refractivity (Wildman–Crippen MR) is 69.7 cm³/mol. The zero-order valence-corrected chi connectivity index (χ0v) is 11.6. The molecule has 1 saturated carbocycles. The number of halogens is 1. The molecule has 0 unspecified atom stereocenters. The zero-order chi connectivity index (χ0) is 13.2. The van der Waals surface area contributed by atoms with Crippen LogP contribution in [0.1, 0.15) is 18.4 Å². The molecule has 1 aliphatic rings. The van der Waals surface area contributed by atoms with Gasteiger partial charge in [0.25, 0.3) is 0 Å².